The van der Waals surface area contributed by atoms with Gasteiger partial charge in [-0.2, -0.15) is 0 Å². The van der Waals surface area contributed by atoms with Gasteiger partial charge in [0.1, 0.15) is 5.60 Å². The number of aliphatic hydroxyl groups is 2. The minimum atomic E-state index is -0.737. The molecular formula is C31H49NO4. The van der Waals surface area contributed by atoms with E-state index < -0.39 is 22.7 Å². The van der Waals surface area contributed by atoms with Gasteiger partial charge in [0.15, 0.2) is 0 Å². The van der Waals surface area contributed by atoms with Crippen molar-refractivity contribution in [3.63, 3.8) is 0 Å². The van der Waals surface area contributed by atoms with Crippen LogP contribution >= 0.6 is 0 Å². The molecule has 5 fully saturated rings. The van der Waals surface area contributed by atoms with Gasteiger partial charge in [-0.15, -0.1) is 0 Å². The van der Waals surface area contributed by atoms with Gasteiger partial charge in [0, 0.05) is 17.5 Å². The van der Waals surface area contributed by atoms with E-state index in [0.717, 1.165) is 63.2 Å². The number of furan rings is 1. The highest BCUT2D eigenvalue weighted by Gasteiger charge is 2.73. The summed E-state index contributed by atoms with van der Waals surface area (Å²) >= 11 is 0. The summed E-state index contributed by atoms with van der Waals surface area (Å²) in [5.74, 6) is 1.79. The molecule has 0 aromatic carbocycles. The van der Waals surface area contributed by atoms with Gasteiger partial charge in [0.2, 0.25) is 0 Å². The lowest BCUT2D eigenvalue weighted by Gasteiger charge is -2.64. The van der Waals surface area contributed by atoms with Crippen molar-refractivity contribution in [2.45, 2.75) is 115 Å². The summed E-state index contributed by atoms with van der Waals surface area (Å²) in [5.41, 5.74) is -0.315. The first-order valence-corrected chi connectivity index (χ1v) is 15.1. The SMILES string of the molecule is C[C@]12CCCCC1CC[C@@H]1[C@H]2CC[C@]2(C)C(OCC(O)CCN3CCCC3)(c3ccoc3)CC[C@@]12O. The van der Waals surface area contributed by atoms with E-state index in [-0.39, 0.29) is 0 Å². The largest absolute Gasteiger partial charge is 0.472 e. The highest BCUT2D eigenvalue weighted by Crippen LogP contribution is 2.72. The quantitative estimate of drug-likeness (QED) is 0.490. The van der Waals surface area contributed by atoms with E-state index in [9.17, 15) is 10.2 Å². The summed E-state index contributed by atoms with van der Waals surface area (Å²) in [5, 5.41) is 23.7. The number of ether oxygens (including phenoxy) is 1. The zero-order valence-corrected chi connectivity index (χ0v) is 22.7. The summed E-state index contributed by atoms with van der Waals surface area (Å²) in [6.07, 6.45) is 18.0. The second-order valence-corrected chi connectivity index (χ2v) is 13.7. The molecule has 5 heteroatoms. The van der Waals surface area contributed by atoms with E-state index in [2.05, 4.69) is 18.7 Å². The first kappa shape index (κ1) is 25.4. The Morgan fingerprint density at radius 2 is 1.83 bits per heavy atom. The van der Waals surface area contributed by atoms with E-state index in [1.54, 1.807) is 6.26 Å². The number of fused-ring (bicyclic) bond motifs is 5. The van der Waals surface area contributed by atoms with Crippen molar-refractivity contribution < 1.29 is 19.4 Å². The van der Waals surface area contributed by atoms with Crippen LogP contribution in [0.3, 0.4) is 0 Å². The number of aliphatic hydroxyl groups excluding tert-OH is 1. The maximum absolute atomic E-state index is 12.7. The third-order valence-corrected chi connectivity index (χ3v) is 12.4. The van der Waals surface area contributed by atoms with Crippen LogP contribution in [0.25, 0.3) is 0 Å². The Labute approximate surface area is 218 Å². The highest BCUT2D eigenvalue weighted by atomic mass is 16.5. The molecule has 0 spiro atoms. The number of hydrogen-bond acceptors (Lipinski definition) is 5. The van der Waals surface area contributed by atoms with Gasteiger partial charge in [-0.3, -0.25) is 0 Å². The van der Waals surface area contributed by atoms with Gasteiger partial charge in [-0.05, 0) is 113 Å². The Kier molecular flexibility index (Phi) is 6.63. The average molecular weight is 500 g/mol. The number of hydrogen-bond donors (Lipinski definition) is 2. The lowest BCUT2D eigenvalue weighted by Crippen LogP contribution is -2.64. The lowest BCUT2D eigenvalue weighted by molar-refractivity contribution is -0.250. The van der Waals surface area contributed by atoms with Crippen molar-refractivity contribution >= 4 is 0 Å². The van der Waals surface area contributed by atoms with E-state index in [4.69, 9.17) is 9.15 Å². The summed E-state index contributed by atoms with van der Waals surface area (Å²) in [4.78, 5) is 2.45. The Hall–Kier alpha value is -0.880. The molecule has 2 heterocycles. The predicted molar refractivity (Wildman–Crippen MR) is 140 cm³/mol. The van der Waals surface area contributed by atoms with Crippen LogP contribution in [0.1, 0.15) is 103 Å². The van der Waals surface area contributed by atoms with Gasteiger partial charge in [0.25, 0.3) is 0 Å². The molecule has 4 aliphatic carbocycles. The van der Waals surface area contributed by atoms with Crippen LogP contribution in [0.15, 0.2) is 23.0 Å². The van der Waals surface area contributed by atoms with Gasteiger partial charge < -0.3 is 24.3 Å². The zero-order valence-electron chi connectivity index (χ0n) is 22.7. The number of rotatable bonds is 7. The molecule has 2 N–H and O–H groups in total. The lowest BCUT2D eigenvalue weighted by atomic mass is 9.43. The summed E-state index contributed by atoms with van der Waals surface area (Å²) in [6, 6.07) is 2.04. The van der Waals surface area contributed by atoms with Gasteiger partial charge in [-0.1, -0.05) is 26.7 Å². The predicted octanol–water partition coefficient (Wildman–Crippen LogP) is 5.89. The van der Waals surface area contributed by atoms with Gasteiger partial charge >= 0.3 is 0 Å². The third kappa shape index (κ3) is 3.70. The highest BCUT2D eigenvalue weighted by molar-refractivity contribution is 5.31. The monoisotopic (exact) mass is 499 g/mol. The van der Waals surface area contributed by atoms with Gasteiger partial charge in [0.05, 0.1) is 30.8 Å². The molecule has 5 aliphatic rings. The number of nitrogens with zero attached hydrogens (tertiary/aromatic N) is 1. The van der Waals surface area contributed by atoms with E-state index >= 15 is 0 Å². The van der Waals surface area contributed by atoms with Crippen molar-refractivity contribution in [2.75, 3.05) is 26.2 Å². The zero-order chi connectivity index (χ0) is 25.0. The molecule has 8 atom stereocenters. The molecule has 4 saturated carbocycles. The Morgan fingerprint density at radius 1 is 1.00 bits per heavy atom. The second kappa shape index (κ2) is 9.39. The van der Waals surface area contributed by atoms with Crippen molar-refractivity contribution in [1.29, 1.82) is 0 Å². The van der Waals surface area contributed by atoms with E-state index in [0.29, 0.717) is 23.9 Å². The van der Waals surface area contributed by atoms with Crippen LogP contribution in [0.5, 0.6) is 0 Å². The molecule has 202 valence electrons. The average Bonchev–Trinajstić information content (AvgIpc) is 3.63. The maximum atomic E-state index is 12.7. The Balaban J connectivity index is 1.25. The summed E-state index contributed by atoms with van der Waals surface area (Å²) in [7, 11) is 0. The molecule has 0 amide bonds. The molecule has 0 radical (unpaired) electrons. The molecule has 1 aromatic heterocycles. The van der Waals surface area contributed by atoms with Crippen LogP contribution in [0, 0.1) is 28.6 Å². The molecule has 0 bridgehead atoms. The van der Waals surface area contributed by atoms with Crippen molar-refractivity contribution in [3.05, 3.63) is 24.2 Å². The first-order valence-electron chi connectivity index (χ1n) is 15.1. The third-order valence-electron chi connectivity index (χ3n) is 12.4. The Bertz CT molecular complexity index is 898. The maximum Gasteiger partial charge on any atom is 0.104 e. The van der Waals surface area contributed by atoms with Crippen molar-refractivity contribution in [3.8, 4) is 0 Å². The van der Waals surface area contributed by atoms with Crippen LogP contribution in [0.4, 0.5) is 0 Å². The van der Waals surface area contributed by atoms with Crippen molar-refractivity contribution in [1.82, 2.24) is 4.90 Å². The summed E-state index contributed by atoms with van der Waals surface area (Å²) < 4.78 is 12.5. The minimum absolute atomic E-state index is 0.318. The standard InChI is InChI=1S/C31H49NO4/c1-28-13-4-3-7-23(28)8-9-27-26(28)10-14-29(2)30(27,34)15-16-31(29,24-12-20-35-21-24)36-22-25(33)11-19-32-17-5-6-18-32/h12,20-21,23,25-27,33-34H,3-11,13-19,22H2,1-2H3/t23?,25?,26-,27-,28+,29+,30-,31?/m1/s1. The summed E-state index contributed by atoms with van der Waals surface area (Å²) in [6.45, 7) is 8.42. The molecule has 6 rings (SSSR count). The fourth-order valence-electron chi connectivity index (χ4n) is 10.2. The normalized spacial score (nSPS) is 45.7. The van der Waals surface area contributed by atoms with Crippen LogP contribution < -0.4 is 0 Å². The second-order valence-electron chi connectivity index (χ2n) is 13.7. The minimum Gasteiger partial charge on any atom is -0.472 e. The molecule has 5 nitrogen and oxygen atoms in total. The fraction of sp³-hybridized carbons (Fsp3) is 0.871. The topological polar surface area (TPSA) is 66.1 Å². The molecule has 1 aromatic rings. The number of likely N-dealkylation sites (tertiary alicyclic amines) is 1. The fourth-order valence-corrected chi connectivity index (χ4v) is 10.2. The molecule has 3 unspecified atom stereocenters. The molecule has 36 heavy (non-hydrogen) atoms. The van der Waals surface area contributed by atoms with Gasteiger partial charge in [-0.25, -0.2) is 0 Å². The molecule has 1 saturated heterocycles. The Morgan fingerprint density at radius 3 is 2.61 bits per heavy atom. The van der Waals surface area contributed by atoms with E-state index in [1.807, 2.05) is 12.3 Å². The molecular weight excluding hydrogens is 450 g/mol. The van der Waals surface area contributed by atoms with Crippen LogP contribution in [0.2, 0.25) is 0 Å². The van der Waals surface area contributed by atoms with Crippen LogP contribution in [-0.2, 0) is 10.3 Å². The van der Waals surface area contributed by atoms with E-state index in [1.165, 1.54) is 51.4 Å². The van der Waals surface area contributed by atoms with Crippen molar-refractivity contribution in [2.24, 2.45) is 28.6 Å². The first-order chi connectivity index (χ1) is 17.3. The van der Waals surface area contributed by atoms with Crippen LogP contribution in [-0.4, -0.2) is 53.1 Å². The smallest absolute Gasteiger partial charge is 0.104 e. The molecule has 1 aliphatic heterocycles.